The smallest absolute Gasteiger partial charge is 0.162 e. The molecule has 2 rings (SSSR count). The molecular formula is C16H18ClNO3. The average Bonchev–Trinajstić information content (AvgIpc) is 2.49. The Hall–Kier alpha value is -1.75. The van der Waals surface area contributed by atoms with Gasteiger partial charge in [0.05, 0.1) is 13.2 Å². The fourth-order valence-corrected chi connectivity index (χ4v) is 2.34. The van der Waals surface area contributed by atoms with Crippen molar-refractivity contribution in [2.24, 2.45) is 0 Å². The zero-order valence-electron chi connectivity index (χ0n) is 11.7. The fourth-order valence-electron chi connectivity index (χ4n) is 2.07. The maximum absolute atomic E-state index is 10.1. The number of para-hydroxylation sites is 1. The molecule has 2 aromatic rings. The number of aliphatic hydroxyl groups excluding tert-OH is 1. The number of phenolic OH excluding ortho intramolecular Hbond substituents is 1. The van der Waals surface area contributed by atoms with Gasteiger partial charge in [-0.3, -0.25) is 0 Å². The highest BCUT2D eigenvalue weighted by Crippen LogP contribution is 2.29. The second kappa shape index (κ2) is 7.31. The Labute approximate surface area is 129 Å². The molecule has 0 aliphatic heterocycles. The number of nitrogens with one attached hydrogen (secondary N) is 1. The third kappa shape index (κ3) is 3.88. The summed E-state index contributed by atoms with van der Waals surface area (Å²) in [6, 6.07) is 12.5. The summed E-state index contributed by atoms with van der Waals surface area (Å²) in [4.78, 5) is 0. The molecule has 0 saturated carbocycles. The molecule has 0 aliphatic carbocycles. The van der Waals surface area contributed by atoms with Crippen molar-refractivity contribution in [3.63, 3.8) is 0 Å². The van der Waals surface area contributed by atoms with E-state index in [0.29, 0.717) is 35.0 Å². The SMILES string of the molecule is COc1cccc(CNCC(O)c2ccccc2Cl)c1O. The lowest BCUT2D eigenvalue weighted by atomic mass is 10.1. The van der Waals surface area contributed by atoms with Gasteiger partial charge in [-0.1, -0.05) is 41.9 Å². The predicted molar refractivity (Wildman–Crippen MR) is 82.8 cm³/mol. The third-order valence-electron chi connectivity index (χ3n) is 3.22. The number of phenols is 1. The van der Waals surface area contributed by atoms with Crippen LogP contribution in [0, 0.1) is 0 Å². The number of rotatable bonds is 6. The van der Waals surface area contributed by atoms with Gasteiger partial charge in [0, 0.05) is 29.2 Å². The molecule has 112 valence electrons. The van der Waals surface area contributed by atoms with Crippen LogP contribution in [0.2, 0.25) is 5.02 Å². The topological polar surface area (TPSA) is 61.7 Å². The lowest BCUT2D eigenvalue weighted by molar-refractivity contribution is 0.174. The summed E-state index contributed by atoms with van der Waals surface area (Å²) in [7, 11) is 1.51. The zero-order valence-corrected chi connectivity index (χ0v) is 12.5. The lowest BCUT2D eigenvalue weighted by Crippen LogP contribution is -2.21. The van der Waals surface area contributed by atoms with Gasteiger partial charge >= 0.3 is 0 Å². The van der Waals surface area contributed by atoms with Crippen LogP contribution in [0.1, 0.15) is 17.2 Å². The van der Waals surface area contributed by atoms with Crippen LogP contribution in [0.3, 0.4) is 0 Å². The fraction of sp³-hybridized carbons (Fsp3) is 0.250. The molecule has 4 nitrogen and oxygen atoms in total. The van der Waals surface area contributed by atoms with Crippen LogP contribution in [-0.2, 0) is 6.54 Å². The molecular weight excluding hydrogens is 290 g/mol. The van der Waals surface area contributed by atoms with Gasteiger partial charge in [-0.05, 0) is 12.1 Å². The minimum atomic E-state index is -0.702. The normalized spacial score (nSPS) is 12.1. The molecule has 0 fully saturated rings. The van der Waals surface area contributed by atoms with Crippen molar-refractivity contribution in [2.45, 2.75) is 12.6 Å². The van der Waals surface area contributed by atoms with Crippen molar-refractivity contribution in [1.29, 1.82) is 0 Å². The Bertz CT molecular complexity index is 604. The number of hydrogen-bond donors (Lipinski definition) is 3. The Morgan fingerprint density at radius 2 is 1.95 bits per heavy atom. The van der Waals surface area contributed by atoms with E-state index in [1.54, 1.807) is 30.3 Å². The van der Waals surface area contributed by atoms with E-state index in [0.717, 1.165) is 0 Å². The van der Waals surface area contributed by atoms with Gasteiger partial charge in [-0.15, -0.1) is 0 Å². The summed E-state index contributed by atoms with van der Waals surface area (Å²) in [6.45, 7) is 0.755. The van der Waals surface area contributed by atoms with E-state index in [4.69, 9.17) is 16.3 Å². The monoisotopic (exact) mass is 307 g/mol. The maximum atomic E-state index is 10.1. The second-order valence-corrected chi connectivity index (χ2v) is 5.04. The number of halogens is 1. The van der Waals surface area contributed by atoms with Gasteiger partial charge in [0.2, 0.25) is 0 Å². The number of aliphatic hydroxyl groups is 1. The second-order valence-electron chi connectivity index (χ2n) is 4.64. The molecule has 0 spiro atoms. The van der Waals surface area contributed by atoms with E-state index in [2.05, 4.69) is 5.32 Å². The lowest BCUT2D eigenvalue weighted by Gasteiger charge is -2.14. The molecule has 0 saturated heterocycles. The quantitative estimate of drug-likeness (QED) is 0.768. The van der Waals surface area contributed by atoms with Crippen molar-refractivity contribution < 1.29 is 14.9 Å². The summed E-state index contributed by atoms with van der Waals surface area (Å²) >= 11 is 6.04. The Morgan fingerprint density at radius 3 is 2.67 bits per heavy atom. The van der Waals surface area contributed by atoms with Crippen LogP contribution >= 0.6 is 11.6 Å². The van der Waals surface area contributed by atoms with E-state index in [1.165, 1.54) is 7.11 Å². The number of ether oxygens (including phenoxy) is 1. The van der Waals surface area contributed by atoms with Gasteiger partial charge in [-0.25, -0.2) is 0 Å². The minimum Gasteiger partial charge on any atom is -0.504 e. The Morgan fingerprint density at radius 1 is 1.19 bits per heavy atom. The van der Waals surface area contributed by atoms with Crippen molar-refractivity contribution in [1.82, 2.24) is 5.32 Å². The number of hydrogen-bond acceptors (Lipinski definition) is 4. The Balaban J connectivity index is 1.94. The van der Waals surface area contributed by atoms with E-state index < -0.39 is 6.10 Å². The number of aromatic hydroxyl groups is 1. The first-order valence-corrected chi connectivity index (χ1v) is 6.99. The van der Waals surface area contributed by atoms with Crippen molar-refractivity contribution >= 4 is 11.6 Å². The van der Waals surface area contributed by atoms with Gasteiger partial charge in [0.1, 0.15) is 0 Å². The van der Waals surface area contributed by atoms with E-state index in [9.17, 15) is 10.2 Å². The molecule has 0 aliphatic rings. The van der Waals surface area contributed by atoms with Gasteiger partial charge in [0.25, 0.3) is 0 Å². The zero-order chi connectivity index (χ0) is 15.2. The van der Waals surface area contributed by atoms with Crippen LogP contribution < -0.4 is 10.1 Å². The van der Waals surface area contributed by atoms with Crippen molar-refractivity contribution in [3.05, 3.63) is 58.6 Å². The van der Waals surface area contributed by atoms with Crippen LogP contribution in [0.15, 0.2) is 42.5 Å². The van der Waals surface area contributed by atoms with E-state index >= 15 is 0 Å². The third-order valence-corrected chi connectivity index (χ3v) is 3.56. The van der Waals surface area contributed by atoms with Crippen LogP contribution in [0.25, 0.3) is 0 Å². The Kier molecular flexibility index (Phi) is 5.44. The standard InChI is InChI=1S/C16H18ClNO3/c1-21-15-8-4-5-11(16(15)20)9-18-10-14(19)12-6-2-3-7-13(12)17/h2-8,14,18-20H,9-10H2,1H3. The van der Waals surface area contributed by atoms with Gasteiger partial charge < -0.3 is 20.3 Å². The number of benzene rings is 2. The van der Waals surface area contributed by atoms with Crippen molar-refractivity contribution in [2.75, 3.05) is 13.7 Å². The highest BCUT2D eigenvalue weighted by molar-refractivity contribution is 6.31. The highest BCUT2D eigenvalue weighted by Gasteiger charge is 2.11. The number of methoxy groups -OCH3 is 1. The molecule has 0 heterocycles. The highest BCUT2D eigenvalue weighted by atomic mass is 35.5. The summed E-state index contributed by atoms with van der Waals surface area (Å²) < 4.78 is 5.05. The van der Waals surface area contributed by atoms with E-state index in [-0.39, 0.29) is 5.75 Å². The molecule has 0 bridgehead atoms. The van der Waals surface area contributed by atoms with Crippen LogP contribution in [0.4, 0.5) is 0 Å². The first-order valence-electron chi connectivity index (χ1n) is 6.61. The average molecular weight is 308 g/mol. The predicted octanol–water partition coefficient (Wildman–Crippen LogP) is 2.88. The molecule has 1 atom stereocenters. The molecule has 0 radical (unpaired) electrons. The first-order chi connectivity index (χ1) is 10.1. The molecule has 1 unspecified atom stereocenters. The minimum absolute atomic E-state index is 0.111. The van der Waals surface area contributed by atoms with Gasteiger partial charge in [-0.2, -0.15) is 0 Å². The largest absolute Gasteiger partial charge is 0.504 e. The summed E-state index contributed by atoms with van der Waals surface area (Å²) in [5.74, 6) is 0.542. The summed E-state index contributed by atoms with van der Waals surface area (Å²) in [5.41, 5.74) is 1.39. The maximum Gasteiger partial charge on any atom is 0.162 e. The summed E-state index contributed by atoms with van der Waals surface area (Å²) in [6.07, 6.45) is -0.702. The molecule has 3 N–H and O–H groups in total. The van der Waals surface area contributed by atoms with Crippen molar-refractivity contribution in [3.8, 4) is 11.5 Å². The molecule has 0 aromatic heterocycles. The molecule has 0 amide bonds. The molecule has 5 heteroatoms. The first kappa shape index (κ1) is 15.6. The van der Waals surface area contributed by atoms with Gasteiger partial charge in [0.15, 0.2) is 11.5 Å². The van der Waals surface area contributed by atoms with Crippen LogP contribution in [0.5, 0.6) is 11.5 Å². The summed E-state index contributed by atoms with van der Waals surface area (Å²) in [5, 5.41) is 23.7. The molecule has 2 aromatic carbocycles. The molecule has 21 heavy (non-hydrogen) atoms. The van der Waals surface area contributed by atoms with Crippen LogP contribution in [-0.4, -0.2) is 23.9 Å². The van der Waals surface area contributed by atoms with E-state index in [1.807, 2.05) is 12.1 Å².